The fraction of sp³-hybridized carbons (Fsp3) is 0.316. The minimum atomic E-state index is -0.563. The number of carbonyl (C=O) groups is 2. The molecule has 1 aromatic carbocycles. The average molecular weight is 337 g/mol. The van der Waals surface area contributed by atoms with Crippen molar-refractivity contribution in [2.24, 2.45) is 0 Å². The summed E-state index contributed by atoms with van der Waals surface area (Å²) in [6, 6.07) is 10.7. The van der Waals surface area contributed by atoms with Gasteiger partial charge in [0.15, 0.2) is 0 Å². The van der Waals surface area contributed by atoms with Crippen LogP contribution in [0.2, 0.25) is 0 Å². The van der Waals surface area contributed by atoms with Gasteiger partial charge in [-0.15, -0.1) is 0 Å². The van der Waals surface area contributed by atoms with E-state index < -0.39 is 5.54 Å². The standard InChI is InChI=1S/C19H19N3O3/c23-17-15-6-1-2-7-16(15)25-13-19(21-17)8-4-10-22(12-19)18(24)14-5-3-9-20-11-14/h1-3,5-7,9,11H,4,8,10,12-13H2,(H,21,23). The van der Waals surface area contributed by atoms with Gasteiger partial charge in [0.1, 0.15) is 12.4 Å². The molecule has 1 N–H and O–H groups in total. The Bertz CT molecular complexity index is 809. The van der Waals surface area contributed by atoms with Gasteiger partial charge in [0.05, 0.1) is 16.7 Å². The van der Waals surface area contributed by atoms with Crippen molar-refractivity contribution in [1.29, 1.82) is 0 Å². The normalized spacial score (nSPS) is 22.6. The van der Waals surface area contributed by atoms with Crippen LogP contribution in [0.5, 0.6) is 5.75 Å². The van der Waals surface area contributed by atoms with Crippen molar-refractivity contribution in [3.05, 3.63) is 59.9 Å². The van der Waals surface area contributed by atoms with Crippen LogP contribution in [0.25, 0.3) is 0 Å². The fourth-order valence-electron chi connectivity index (χ4n) is 3.54. The number of amides is 2. The lowest BCUT2D eigenvalue weighted by Crippen LogP contribution is -2.61. The Kier molecular flexibility index (Phi) is 3.87. The third-order valence-corrected chi connectivity index (χ3v) is 4.79. The number of pyridine rings is 1. The molecule has 1 unspecified atom stereocenters. The maximum atomic E-state index is 12.7. The predicted octanol–water partition coefficient (Wildman–Crippen LogP) is 1.88. The maximum absolute atomic E-state index is 12.7. The van der Waals surface area contributed by atoms with Gasteiger partial charge in [-0.2, -0.15) is 0 Å². The number of nitrogens with one attached hydrogen (secondary N) is 1. The molecular formula is C19H19N3O3. The molecule has 1 aromatic heterocycles. The number of piperidine rings is 1. The lowest BCUT2D eigenvalue weighted by atomic mass is 9.89. The third kappa shape index (κ3) is 2.95. The molecule has 0 aliphatic carbocycles. The number of ether oxygens (including phenoxy) is 1. The molecule has 1 fully saturated rings. The van der Waals surface area contributed by atoms with Crippen molar-refractivity contribution in [3.8, 4) is 5.75 Å². The molecule has 6 nitrogen and oxygen atoms in total. The van der Waals surface area contributed by atoms with Crippen molar-refractivity contribution in [3.63, 3.8) is 0 Å². The fourth-order valence-corrected chi connectivity index (χ4v) is 3.54. The van der Waals surface area contributed by atoms with Crippen molar-refractivity contribution in [2.45, 2.75) is 18.4 Å². The van der Waals surface area contributed by atoms with E-state index in [4.69, 9.17) is 4.74 Å². The molecule has 3 heterocycles. The second-order valence-electron chi connectivity index (χ2n) is 6.59. The van der Waals surface area contributed by atoms with Crippen LogP contribution < -0.4 is 10.1 Å². The molecule has 0 bridgehead atoms. The zero-order valence-corrected chi connectivity index (χ0v) is 13.8. The van der Waals surface area contributed by atoms with Gasteiger partial charge in [-0.1, -0.05) is 12.1 Å². The molecule has 1 saturated heterocycles. The number of carbonyl (C=O) groups excluding carboxylic acids is 2. The van der Waals surface area contributed by atoms with E-state index in [0.29, 0.717) is 36.6 Å². The van der Waals surface area contributed by atoms with Crippen molar-refractivity contribution in [1.82, 2.24) is 15.2 Å². The van der Waals surface area contributed by atoms with Crippen LogP contribution in [0, 0.1) is 0 Å². The minimum absolute atomic E-state index is 0.0665. The number of fused-ring (bicyclic) bond motifs is 1. The van der Waals surface area contributed by atoms with Crippen molar-refractivity contribution < 1.29 is 14.3 Å². The van der Waals surface area contributed by atoms with E-state index in [1.807, 2.05) is 12.1 Å². The Morgan fingerprint density at radius 3 is 2.96 bits per heavy atom. The minimum Gasteiger partial charge on any atom is -0.490 e. The second-order valence-corrected chi connectivity index (χ2v) is 6.59. The SMILES string of the molecule is O=C1NC2(CCCN(C(=O)c3cccnc3)C2)COc2ccccc21. The summed E-state index contributed by atoms with van der Waals surface area (Å²) in [4.78, 5) is 31.2. The lowest BCUT2D eigenvalue weighted by molar-refractivity contribution is 0.0489. The highest BCUT2D eigenvalue weighted by Gasteiger charge is 2.41. The van der Waals surface area contributed by atoms with E-state index in [2.05, 4.69) is 10.3 Å². The van der Waals surface area contributed by atoms with Gasteiger partial charge in [0.25, 0.3) is 11.8 Å². The largest absolute Gasteiger partial charge is 0.490 e. The molecule has 25 heavy (non-hydrogen) atoms. The summed E-state index contributed by atoms with van der Waals surface area (Å²) < 4.78 is 5.91. The number of hydrogen-bond donors (Lipinski definition) is 1. The molecule has 128 valence electrons. The Morgan fingerprint density at radius 2 is 2.12 bits per heavy atom. The smallest absolute Gasteiger partial charge is 0.255 e. The van der Waals surface area contributed by atoms with E-state index in [-0.39, 0.29) is 11.8 Å². The average Bonchev–Trinajstić information content (AvgIpc) is 2.79. The molecule has 2 amide bonds. The van der Waals surface area contributed by atoms with Crippen molar-refractivity contribution in [2.75, 3.05) is 19.7 Å². The topological polar surface area (TPSA) is 71.5 Å². The van der Waals surface area contributed by atoms with Crippen LogP contribution in [-0.2, 0) is 0 Å². The highest BCUT2D eigenvalue weighted by molar-refractivity contribution is 5.98. The monoisotopic (exact) mass is 337 g/mol. The lowest BCUT2D eigenvalue weighted by Gasteiger charge is -2.42. The molecule has 4 rings (SSSR count). The number of likely N-dealkylation sites (tertiary alicyclic amines) is 1. The van der Waals surface area contributed by atoms with Gasteiger partial charge in [-0.3, -0.25) is 14.6 Å². The van der Waals surface area contributed by atoms with E-state index in [9.17, 15) is 9.59 Å². The van der Waals surface area contributed by atoms with E-state index >= 15 is 0 Å². The van der Waals surface area contributed by atoms with E-state index in [1.165, 1.54) is 0 Å². The van der Waals surface area contributed by atoms with Crippen LogP contribution in [0.4, 0.5) is 0 Å². The predicted molar refractivity (Wildman–Crippen MR) is 91.5 cm³/mol. The van der Waals surface area contributed by atoms with Gasteiger partial charge in [-0.05, 0) is 37.1 Å². The first-order valence-electron chi connectivity index (χ1n) is 8.41. The Morgan fingerprint density at radius 1 is 1.24 bits per heavy atom. The highest BCUT2D eigenvalue weighted by Crippen LogP contribution is 2.29. The zero-order chi connectivity index (χ0) is 17.3. The summed E-state index contributed by atoms with van der Waals surface area (Å²) in [5.74, 6) is 0.375. The summed E-state index contributed by atoms with van der Waals surface area (Å²) in [5.41, 5.74) is 0.533. The number of para-hydroxylation sites is 1. The summed E-state index contributed by atoms with van der Waals surface area (Å²) in [6.07, 6.45) is 4.81. The summed E-state index contributed by atoms with van der Waals surface area (Å²) in [7, 11) is 0. The molecule has 2 aliphatic heterocycles. The van der Waals surface area contributed by atoms with Crippen LogP contribution in [0.15, 0.2) is 48.8 Å². The number of hydrogen-bond acceptors (Lipinski definition) is 4. The molecule has 2 aromatic rings. The van der Waals surface area contributed by atoms with Gasteiger partial charge in [-0.25, -0.2) is 0 Å². The summed E-state index contributed by atoms with van der Waals surface area (Å²) >= 11 is 0. The Labute approximate surface area is 145 Å². The van der Waals surface area contributed by atoms with E-state index in [0.717, 1.165) is 12.8 Å². The number of nitrogens with zero attached hydrogens (tertiary/aromatic N) is 2. The molecule has 0 saturated carbocycles. The van der Waals surface area contributed by atoms with Gasteiger partial charge >= 0.3 is 0 Å². The van der Waals surface area contributed by atoms with Gasteiger partial charge in [0, 0.05) is 25.5 Å². The number of rotatable bonds is 1. The number of aromatic nitrogens is 1. The van der Waals surface area contributed by atoms with Crippen molar-refractivity contribution >= 4 is 11.8 Å². The first-order valence-corrected chi connectivity index (χ1v) is 8.41. The highest BCUT2D eigenvalue weighted by atomic mass is 16.5. The first-order chi connectivity index (χ1) is 12.2. The summed E-state index contributed by atoms with van der Waals surface area (Å²) in [6.45, 7) is 1.45. The van der Waals surface area contributed by atoms with Crippen LogP contribution >= 0.6 is 0 Å². The second kappa shape index (κ2) is 6.20. The van der Waals surface area contributed by atoms with Crippen LogP contribution in [0.1, 0.15) is 33.6 Å². The van der Waals surface area contributed by atoms with Crippen LogP contribution in [-0.4, -0.2) is 46.9 Å². The molecule has 6 heteroatoms. The molecule has 1 spiro atoms. The first kappa shape index (κ1) is 15.6. The Balaban J connectivity index is 1.57. The maximum Gasteiger partial charge on any atom is 0.255 e. The Hall–Kier alpha value is -2.89. The van der Waals surface area contributed by atoms with Gasteiger partial charge in [0.2, 0.25) is 0 Å². The van der Waals surface area contributed by atoms with Gasteiger partial charge < -0.3 is 15.0 Å². The molecule has 2 aliphatic rings. The number of benzene rings is 1. The summed E-state index contributed by atoms with van der Waals surface area (Å²) in [5, 5.41) is 3.11. The zero-order valence-electron chi connectivity index (χ0n) is 13.8. The molecule has 1 atom stereocenters. The van der Waals surface area contributed by atoms with E-state index in [1.54, 1.807) is 41.6 Å². The third-order valence-electron chi connectivity index (χ3n) is 4.79. The molecular weight excluding hydrogens is 318 g/mol. The van der Waals surface area contributed by atoms with Crippen LogP contribution in [0.3, 0.4) is 0 Å². The quantitative estimate of drug-likeness (QED) is 0.862. The molecule has 0 radical (unpaired) electrons.